The van der Waals surface area contributed by atoms with Crippen LogP contribution in [-0.2, 0) is 12.8 Å². The molecule has 2 heterocycles. The van der Waals surface area contributed by atoms with E-state index in [1.807, 2.05) is 25.2 Å². The van der Waals surface area contributed by atoms with E-state index in [4.69, 9.17) is 9.84 Å². The Bertz CT molecular complexity index is 1020. The summed E-state index contributed by atoms with van der Waals surface area (Å²) in [6.45, 7) is 0. The number of nitrogens with one attached hydrogen (secondary N) is 1. The Labute approximate surface area is 176 Å². The van der Waals surface area contributed by atoms with Crippen LogP contribution < -0.4 is 15.0 Å². The minimum Gasteiger partial charge on any atom is -0.481 e. The lowest BCUT2D eigenvalue weighted by Gasteiger charge is -2.19. The SMILES string of the molecule is CNc1cnccc1C(=O)O.COc1cccc(N(C)c2ccc3c(c2)CCC3)n1. The predicted octanol–water partition coefficient (Wildman–Crippen LogP) is 4.17. The summed E-state index contributed by atoms with van der Waals surface area (Å²) in [5, 5.41) is 11.4. The van der Waals surface area contributed by atoms with Crippen LogP contribution in [0.15, 0.2) is 54.9 Å². The minimum absolute atomic E-state index is 0.238. The average Bonchev–Trinajstić information content (AvgIpc) is 3.27. The molecule has 7 heteroatoms. The van der Waals surface area contributed by atoms with Gasteiger partial charge in [-0.2, -0.15) is 4.98 Å². The zero-order valence-corrected chi connectivity index (χ0v) is 17.4. The Balaban J connectivity index is 0.000000199. The molecule has 0 fully saturated rings. The number of rotatable bonds is 5. The number of carboxylic acids is 1. The molecule has 2 aromatic heterocycles. The quantitative estimate of drug-likeness (QED) is 0.657. The Hall–Kier alpha value is -3.61. The average molecular weight is 406 g/mol. The second-order valence-electron chi connectivity index (χ2n) is 6.88. The first kappa shape index (κ1) is 21.1. The number of aryl methyl sites for hydroxylation is 2. The number of methoxy groups -OCH3 is 1. The van der Waals surface area contributed by atoms with Gasteiger partial charge >= 0.3 is 5.97 Å². The second kappa shape index (κ2) is 9.73. The highest BCUT2D eigenvalue weighted by molar-refractivity contribution is 5.93. The van der Waals surface area contributed by atoms with Gasteiger partial charge in [-0.3, -0.25) is 4.98 Å². The van der Waals surface area contributed by atoms with Gasteiger partial charge in [0.05, 0.1) is 24.6 Å². The number of ether oxygens (including phenoxy) is 1. The van der Waals surface area contributed by atoms with Gasteiger partial charge in [-0.15, -0.1) is 0 Å². The van der Waals surface area contributed by atoms with Gasteiger partial charge in [0, 0.05) is 32.0 Å². The molecular formula is C23H26N4O3. The standard InChI is InChI=1S/C16H18N2O.C7H8N2O2/c1-18(15-7-4-8-16(17-15)19-2)14-10-9-12-5-3-6-13(12)11-14;1-8-6-4-9-3-2-5(6)7(10)11/h4,7-11H,3,5-6H2,1-2H3;2-4,8H,1H3,(H,10,11). The third-order valence-corrected chi connectivity index (χ3v) is 5.05. The van der Waals surface area contributed by atoms with Gasteiger partial charge in [0.2, 0.25) is 5.88 Å². The van der Waals surface area contributed by atoms with E-state index in [1.165, 1.54) is 54.5 Å². The van der Waals surface area contributed by atoms with Crippen molar-refractivity contribution >= 4 is 23.2 Å². The van der Waals surface area contributed by atoms with Crippen molar-refractivity contribution in [3.63, 3.8) is 0 Å². The molecule has 7 nitrogen and oxygen atoms in total. The summed E-state index contributed by atoms with van der Waals surface area (Å²) in [6.07, 6.45) is 6.62. The fourth-order valence-corrected chi connectivity index (χ4v) is 3.38. The molecule has 0 saturated carbocycles. The van der Waals surface area contributed by atoms with Crippen molar-refractivity contribution in [2.45, 2.75) is 19.3 Å². The van der Waals surface area contributed by atoms with E-state index in [0.717, 1.165) is 5.82 Å². The first-order valence-corrected chi connectivity index (χ1v) is 9.75. The van der Waals surface area contributed by atoms with Gasteiger partial charge in [-0.1, -0.05) is 12.1 Å². The highest BCUT2D eigenvalue weighted by Crippen LogP contribution is 2.29. The number of nitrogens with zero attached hydrogens (tertiary/aromatic N) is 3. The molecule has 3 aromatic rings. The summed E-state index contributed by atoms with van der Waals surface area (Å²) >= 11 is 0. The molecule has 1 aromatic carbocycles. The van der Waals surface area contributed by atoms with Gasteiger partial charge in [0.15, 0.2) is 0 Å². The van der Waals surface area contributed by atoms with E-state index in [-0.39, 0.29) is 5.56 Å². The Morgan fingerprint density at radius 1 is 1.17 bits per heavy atom. The van der Waals surface area contributed by atoms with Crippen molar-refractivity contribution < 1.29 is 14.6 Å². The molecule has 1 aliphatic carbocycles. The zero-order chi connectivity index (χ0) is 21.5. The van der Waals surface area contributed by atoms with E-state index in [1.54, 1.807) is 14.2 Å². The highest BCUT2D eigenvalue weighted by Gasteiger charge is 2.13. The van der Waals surface area contributed by atoms with Crippen LogP contribution in [-0.4, -0.2) is 42.2 Å². The second-order valence-corrected chi connectivity index (χ2v) is 6.88. The van der Waals surface area contributed by atoms with Crippen molar-refractivity contribution in [2.75, 3.05) is 31.4 Å². The van der Waals surface area contributed by atoms with Gasteiger partial charge in [0.25, 0.3) is 0 Å². The first-order chi connectivity index (χ1) is 14.5. The summed E-state index contributed by atoms with van der Waals surface area (Å²) in [4.78, 5) is 20.8. The van der Waals surface area contributed by atoms with Crippen LogP contribution in [0.2, 0.25) is 0 Å². The molecule has 4 rings (SSSR count). The van der Waals surface area contributed by atoms with Crippen LogP contribution in [0.3, 0.4) is 0 Å². The number of anilines is 3. The molecule has 0 radical (unpaired) electrons. The lowest BCUT2D eigenvalue weighted by atomic mass is 10.1. The molecule has 0 bridgehead atoms. The topological polar surface area (TPSA) is 87.6 Å². The molecule has 0 aliphatic heterocycles. The number of aromatic nitrogens is 2. The lowest BCUT2D eigenvalue weighted by Crippen LogP contribution is -2.11. The van der Waals surface area contributed by atoms with Gasteiger partial charge < -0.3 is 20.1 Å². The molecule has 1 aliphatic rings. The molecule has 156 valence electrons. The summed E-state index contributed by atoms with van der Waals surface area (Å²) in [5.74, 6) is 0.597. The maximum atomic E-state index is 10.5. The Morgan fingerprint density at radius 3 is 2.67 bits per heavy atom. The Kier molecular flexibility index (Phi) is 6.85. The number of benzene rings is 1. The summed E-state index contributed by atoms with van der Waals surface area (Å²) < 4.78 is 5.18. The number of aromatic carboxylic acids is 1. The molecule has 0 spiro atoms. The van der Waals surface area contributed by atoms with Crippen LogP contribution in [0.5, 0.6) is 5.88 Å². The zero-order valence-electron chi connectivity index (χ0n) is 17.4. The van der Waals surface area contributed by atoms with E-state index in [0.29, 0.717) is 11.6 Å². The fraction of sp³-hybridized carbons (Fsp3) is 0.261. The molecule has 30 heavy (non-hydrogen) atoms. The molecule has 2 N–H and O–H groups in total. The van der Waals surface area contributed by atoms with E-state index < -0.39 is 5.97 Å². The maximum absolute atomic E-state index is 10.5. The number of carbonyl (C=O) groups is 1. The molecular weight excluding hydrogens is 380 g/mol. The van der Waals surface area contributed by atoms with Crippen LogP contribution in [0.25, 0.3) is 0 Å². The number of hydrogen-bond donors (Lipinski definition) is 2. The van der Waals surface area contributed by atoms with Crippen LogP contribution in [0, 0.1) is 0 Å². The first-order valence-electron chi connectivity index (χ1n) is 9.75. The van der Waals surface area contributed by atoms with Crippen molar-refractivity contribution in [1.82, 2.24) is 9.97 Å². The van der Waals surface area contributed by atoms with E-state index in [2.05, 4.69) is 38.4 Å². The predicted molar refractivity (Wildman–Crippen MR) is 118 cm³/mol. The number of hydrogen-bond acceptors (Lipinski definition) is 6. The number of carboxylic acid groups (broad SMARTS) is 1. The van der Waals surface area contributed by atoms with Crippen LogP contribution in [0.4, 0.5) is 17.2 Å². The molecule has 0 atom stereocenters. The van der Waals surface area contributed by atoms with Crippen molar-refractivity contribution in [1.29, 1.82) is 0 Å². The summed E-state index contributed by atoms with van der Waals surface area (Å²) in [5.41, 5.74) is 4.92. The lowest BCUT2D eigenvalue weighted by molar-refractivity contribution is 0.0698. The summed E-state index contributed by atoms with van der Waals surface area (Å²) in [6, 6.07) is 14.0. The van der Waals surface area contributed by atoms with Crippen molar-refractivity contribution in [3.8, 4) is 5.88 Å². The molecule has 0 unspecified atom stereocenters. The van der Waals surface area contributed by atoms with Gasteiger partial charge in [-0.25, -0.2) is 4.79 Å². The third kappa shape index (κ3) is 4.86. The Morgan fingerprint density at radius 2 is 1.97 bits per heavy atom. The maximum Gasteiger partial charge on any atom is 0.337 e. The van der Waals surface area contributed by atoms with E-state index >= 15 is 0 Å². The smallest absolute Gasteiger partial charge is 0.337 e. The molecule has 0 saturated heterocycles. The van der Waals surface area contributed by atoms with E-state index in [9.17, 15) is 4.79 Å². The van der Waals surface area contributed by atoms with Crippen LogP contribution >= 0.6 is 0 Å². The molecule has 0 amide bonds. The number of fused-ring (bicyclic) bond motifs is 1. The largest absolute Gasteiger partial charge is 0.481 e. The van der Waals surface area contributed by atoms with Gasteiger partial charge in [0.1, 0.15) is 5.82 Å². The van der Waals surface area contributed by atoms with Crippen molar-refractivity contribution in [3.05, 3.63) is 71.5 Å². The van der Waals surface area contributed by atoms with Gasteiger partial charge in [-0.05, 0) is 54.7 Å². The monoisotopic (exact) mass is 406 g/mol. The van der Waals surface area contributed by atoms with Crippen LogP contribution in [0.1, 0.15) is 27.9 Å². The minimum atomic E-state index is -0.947. The normalized spacial score (nSPS) is 11.7. The number of pyridine rings is 2. The van der Waals surface area contributed by atoms with Crippen molar-refractivity contribution in [2.24, 2.45) is 0 Å². The summed E-state index contributed by atoms with van der Waals surface area (Å²) in [7, 11) is 5.34. The fourth-order valence-electron chi connectivity index (χ4n) is 3.38. The third-order valence-electron chi connectivity index (χ3n) is 5.05. The highest BCUT2D eigenvalue weighted by atomic mass is 16.5.